The highest BCUT2D eigenvalue weighted by Gasteiger charge is 2.32. The first kappa shape index (κ1) is 13.0. The molecule has 0 aromatic carbocycles. The van der Waals surface area contributed by atoms with Crippen molar-refractivity contribution in [3.05, 3.63) is 22.5 Å². The molecule has 3 rings (SSSR count). The Morgan fingerprint density at radius 3 is 2.85 bits per heavy atom. The number of aromatic amines is 1. The smallest absolute Gasteiger partial charge is 0.416 e. The molecule has 0 unspecified atom stereocenters. The third-order valence-corrected chi connectivity index (χ3v) is 3.84. The van der Waals surface area contributed by atoms with E-state index in [1.54, 1.807) is 4.90 Å². The molecule has 1 atom stereocenters. The summed E-state index contributed by atoms with van der Waals surface area (Å²) in [7, 11) is 0. The minimum atomic E-state index is -0.624. The molecule has 0 bridgehead atoms. The minimum absolute atomic E-state index is 0.133. The van der Waals surface area contributed by atoms with Crippen LogP contribution in [0.15, 0.2) is 15.5 Å². The molecule has 2 aliphatic rings. The number of nitrogens with one attached hydrogen (secondary N) is 2. The van der Waals surface area contributed by atoms with Crippen molar-refractivity contribution < 1.29 is 14.0 Å². The van der Waals surface area contributed by atoms with Gasteiger partial charge in [-0.1, -0.05) is 0 Å². The van der Waals surface area contributed by atoms with Crippen molar-refractivity contribution in [1.29, 1.82) is 0 Å². The third kappa shape index (κ3) is 2.76. The predicted molar refractivity (Wildman–Crippen MR) is 69.1 cm³/mol. The topological polar surface area (TPSA) is 95.4 Å². The number of carbonyl (C=O) groups excluding carboxylic acids is 2. The van der Waals surface area contributed by atoms with Crippen molar-refractivity contribution in [2.24, 2.45) is 11.8 Å². The number of aromatic nitrogens is 1. The SMILES string of the molecule is O=C(NC[C@H]1CCN(C(=O)c2coc(=O)[nH]2)C1)C1CC1. The highest BCUT2D eigenvalue weighted by Crippen LogP contribution is 2.29. The summed E-state index contributed by atoms with van der Waals surface area (Å²) in [5, 5.41) is 2.94. The molecular formula is C13H17N3O4. The molecule has 1 saturated heterocycles. The largest absolute Gasteiger partial charge is 0.416 e. The number of rotatable bonds is 4. The molecule has 1 aliphatic heterocycles. The molecule has 2 fully saturated rings. The number of oxazole rings is 1. The Labute approximate surface area is 115 Å². The lowest BCUT2D eigenvalue weighted by Crippen LogP contribution is -2.33. The fraction of sp³-hybridized carbons (Fsp3) is 0.615. The van der Waals surface area contributed by atoms with Crippen molar-refractivity contribution in [2.75, 3.05) is 19.6 Å². The fourth-order valence-electron chi connectivity index (χ4n) is 2.47. The van der Waals surface area contributed by atoms with Crippen LogP contribution in [0.25, 0.3) is 0 Å². The van der Waals surface area contributed by atoms with Crippen LogP contribution in [0.3, 0.4) is 0 Å². The normalized spacial score (nSPS) is 22.0. The summed E-state index contributed by atoms with van der Waals surface area (Å²) in [6.45, 7) is 1.84. The number of nitrogens with zero attached hydrogens (tertiary/aromatic N) is 1. The Bertz CT molecular complexity index is 572. The Morgan fingerprint density at radius 1 is 1.40 bits per heavy atom. The van der Waals surface area contributed by atoms with Gasteiger partial charge >= 0.3 is 5.76 Å². The summed E-state index contributed by atoms with van der Waals surface area (Å²) >= 11 is 0. The molecule has 1 saturated carbocycles. The van der Waals surface area contributed by atoms with E-state index in [4.69, 9.17) is 0 Å². The van der Waals surface area contributed by atoms with Crippen molar-refractivity contribution in [2.45, 2.75) is 19.3 Å². The first-order chi connectivity index (χ1) is 9.63. The van der Waals surface area contributed by atoms with E-state index in [1.807, 2.05) is 0 Å². The minimum Gasteiger partial charge on any atom is -0.416 e. The first-order valence-corrected chi connectivity index (χ1v) is 6.88. The molecular weight excluding hydrogens is 262 g/mol. The molecule has 2 N–H and O–H groups in total. The van der Waals surface area contributed by atoms with E-state index < -0.39 is 5.76 Å². The van der Waals surface area contributed by atoms with Crippen LogP contribution in [0, 0.1) is 11.8 Å². The van der Waals surface area contributed by atoms with Gasteiger partial charge in [0, 0.05) is 25.6 Å². The van der Waals surface area contributed by atoms with Crippen LogP contribution in [0.4, 0.5) is 0 Å². The molecule has 7 nitrogen and oxygen atoms in total. The lowest BCUT2D eigenvalue weighted by Gasteiger charge is -2.15. The lowest BCUT2D eigenvalue weighted by atomic mass is 10.1. The van der Waals surface area contributed by atoms with Crippen molar-refractivity contribution in [3.63, 3.8) is 0 Å². The van der Waals surface area contributed by atoms with Gasteiger partial charge < -0.3 is 14.6 Å². The van der Waals surface area contributed by atoms with Crippen LogP contribution < -0.4 is 11.1 Å². The number of carbonyl (C=O) groups is 2. The molecule has 108 valence electrons. The van der Waals surface area contributed by atoms with Gasteiger partial charge in [0.15, 0.2) is 0 Å². The Kier molecular flexibility index (Phi) is 3.33. The van der Waals surface area contributed by atoms with Gasteiger partial charge in [-0.2, -0.15) is 0 Å². The lowest BCUT2D eigenvalue weighted by molar-refractivity contribution is -0.122. The Hall–Kier alpha value is -2.05. The average Bonchev–Trinajstić information content (AvgIpc) is 3.03. The van der Waals surface area contributed by atoms with Gasteiger partial charge in [0.05, 0.1) is 0 Å². The Morgan fingerprint density at radius 2 is 2.20 bits per heavy atom. The van der Waals surface area contributed by atoms with Gasteiger partial charge in [-0.25, -0.2) is 4.79 Å². The zero-order chi connectivity index (χ0) is 14.1. The van der Waals surface area contributed by atoms with Crippen LogP contribution in [-0.4, -0.2) is 41.3 Å². The molecule has 1 aromatic heterocycles. The van der Waals surface area contributed by atoms with Gasteiger partial charge in [0.2, 0.25) is 5.91 Å². The maximum Gasteiger partial charge on any atom is 0.416 e. The van der Waals surface area contributed by atoms with E-state index in [-0.39, 0.29) is 29.3 Å². The highest BCUT2D eigenvalue weighted by molar-refractivity contribution is 5.92. The fourth-order valence-corrected chi connectivity index (χ4v) is 2.47. The molecule has 1 aromatic rings. The average molecular weight is 279 g/mol. The standard InChI is InChI=1S/C13H17N3O4/c17-11(9-1-2-9)14-5-8-3-4-16(6-8)12(18)10-7-20-13(19)15-10/h7-9H,1-6H2,(H,14,17)(H,15,19)/t8-/m1/s1. The first-order valence-electron chi connectivity index (χ1n) is 6.88. The van der Waals surface area contributed by atoms with Gasteiger partial charge in [0.1, 0.15) is 12.0 Å². The molecule has 0 spiro atoms. The molecule has 2 heterocycles. The highest BCUT2D eigenvalue weighted by atomic mass is 16.4. The molecule has 2 amide bonds. The van der Waals surface area contributed by atoms with E-state index >= 15 is 0 Å². The third-order valence-electron chi connectivity index (χ3n) is 3.84. The van der Waals surface area contributed by atoms with Gasteiger partial charge in [-0.3, -0.25) is 14.6 Å². The second kappa shape index (κ2) is 5.15. The Balaban J connectivity index is 1.50. The molecule has 1 aliphatic carbocycles. The van der Waals surface area contributed by atoms with Crippen LogP contribution in [0.1, 0.15) is 29.8 Å². The maximum absolute atomic E-state index is 12.1. The zero-order valence-electron chi connectivity index (χ0n) is 11.1. The molecule has 20 heavy (non-hydrogen) atoms. The number of hydrogen-bond donors (Lipinski definition) is 2. The van der Waals surface area contributed by atoms with Gasteiger partial charge in [-0.05, 0) is 25.2 Å². The van der Waals surface area contributed by atoms with E-state index in [1.165, 1.54) is 0 Å². The number of hydrogen-bond acceptors (Lipinski definition) is 4. The van der Waals surface area contributed by atoms with Crippen molar-refractivity contribution >= 4 is 11.8 Å². The number of H-pyrrole nitrogens is 1. The number of amides is 2. The summed E-state index contributed by atoms with van der Waals surface area (Å²) in [5.41, 5.74) is 0.178. The number of likely N-dealkylation sites (tertiary alicyclic amines) is 1. The summed E-state index contributed by atoms with van der Waals surface area (Å²) < 4.78 is 4.57. The van der Waals surface area contributed by atoms with Gasteiger partial charge in [0.25, 0.3) is 5.91 Å². The summed E-state index contributed by atoms with van der Waals surface area (Å²) in [4.78, 5) is 38.5. The van der Waals surface area contributed by atoms with E-state index in [0.29, 0.717) is 19.6 Å². The second-order valence-corrected chi connectivity index (χ2v) is 5.49. The summed E-state index contributed by atoms with van der Waals surface area (Å²) in [6, 6.07) is 0. The van der Waals surface area contributed by atoms with Crippen LogP contribution in [0.5, 0.6) is 0 Å². The monoisotopic (exact) mass is 279 g/mol. The quantitative estimate of drug-likeness (QED) is 0.808. The van der Waals surface area contributed by atoms with Crippen molar-refractivity contribution in [3.8, 4) is 0 Å². The van der Waals surface area contributed by atoms with Crippen LogP contribution in [0.2, 0.25) is 0 Å². The molecule has 0 radical (unpaired) electrons. The van der Waals surface area contributed by atoms with Crippen molar-refractivity contribution in [1.82, 2.24) is 15.2 Å². The van der Waals surface area contributed by atoms with E-state index in [0.717, 1.165) is 25.5 Å². The van der Waals surface area contributed by atoms with Crippen LogP contribution >= 0.6 is 0 Å². The predicted octanol–water partition coefficient (Wildman–Crippen LogP) is -0.0438. The van der Waals surface area contributed by atoms with E-state index in [2.05, 4.69) is 14.7 Å². The van der Waals surface area contributed by atoms with Crippen LogP contribution in [-0.2, 0) is 4.79 Å². The maximum atomic E-state index is 12.1. The zero-order valence-corrected chi connectivity index (χ0v) is 11.1. The second-order valence-electron chi connectivity index (χ2n) is 5.49. The summed E-state index contributed by atoms with van der Waals surface area (Å²) in [5.74, 6) is -0.230. The molecule has 7 heteroatoms. The summed E-state index contributed by atoms with van der Waals surface area (Å²) in [6.07, 6.45) is 4.00. The van der Waals surface area contributed by atoms with Gasteiger partial charge in [-0.15, -0.1) is 0 Å². The van der Waals surface area contributed by atoms with E-state index in [9.17, 15) is 14.4 Å².